The van der Waals surface area contributed by atoms with E-state index in [1.165, 1.54) is 12.3 Å². The first-order valence-corrected chi connectivity index (χ1v) is 7.39. The van der Waals surface area contributed by atoms with E-state index in [0.717, 1.165) is 23.8 Å². The average Bonchev–Trinajstić information content (AvgIpc) is 2.51. The van der Waals surface area contributed by atoms with Crippen LogP contribution in [0.15, 0.2) is 33.6 Å². The Bertz CT molecular complexity index is 948. The van der Waals surface area contributed by atoms with Crippen molar-refractivity contribution in [2.45, 2.75) is 26.7 Å². The first kappa shape index (κ1) is 15.0. The van der Waals surface area contributed by atoms with Gasteiger partial charge in [0.15, 0.2) is 0 Å². The molecule has 6 heteroatoms. The Morgan fingerprint density at radius 1 is 1.35 bits per heavy atom. The lowest BCUT2D eigenvalue weighted by atomic mass is 9.98. The standard InChI is InChI=1S/C17H17N3O3/c1-3-4-10-7-14(21)23-16-9(2)15(22)12(8-11(10)16)13-5-6-19-17(18)20-13/h5-8,22H,3-4H2,1-2H3,(H2,18,19,20). The van der Waals surface area contributed by atoms with Gasteiger partial charge >= 0.3 is 5.63 Å². The summed E-state index contributed by atoms with van der Waals surface area (Å²) >= 11 is 0. The third-order valence-corrected chi connectivity index (χ3v) is 3.79. The maximum Gasteiger partial charge on any atom is 0.336 e. The zero-order chi connectivity index (χ0) is 16.6. The van der Waals surface area contributed by atoms with E-state index in [0.29, 0.717) is 22.4 Å². The maximum absolute atomic E-state index is 11.8. The first-order valence-electron chi connectivity index (χ1n) is 7.39. The smallest absolute Gasteiger partial charge is 0.336 e. The summed E-state index contributed by atoms with van der Waals surface area (Å²) in [6, 6.07) is 4.96. The Hall–Kier alpha value is -2.89. The molecule has 2 aromatic heterocycles. The molecule has 3 rings (SSSR count). The number of rotatable bonds is 3. The molecule has 0 amide bonds. The molecule has 0 aliphatic heterocycles. The summed E-state index contributed by atoms with van der Waals surface area (Å²) in [7, 11) is 0. The molecule has 0 spiro atoms. The predicted octanol–water partition coefficient (Wildman–Crippen LogP) is 2.80. The monoisotopic (exact) mass is 311 g/mol. The molecule has 2 heterocycles. The van der Waals surface area contributed by atoms with Crippen LogP contribution in [0.4, 0.5) is 5.95 Å². The highest BCUT2D eigenvalue weighted by Crippen LogP contribution is 2.37. The van der Waals surface area contributed by atoms with Crippen LogP contribution in [0.1, 0.15) is 24.5 Å². The third kappa shape index (κ3) is 2.63. The van der Waals surface area contributed by atoms with Crippen molar-refractivity contribution in [2.24, 2.45) is 0 Å². The average molecular weight is 311 g/mol. The number of aromatic hydroxyl groups is 1. The highest BCUT2D eigenvalue weighted by molar-refractivity contribution is 5.91. The molecule has 0 unspecified atom stereocenters. The lowest BCUT2D eigenvalue weighted by molar-refractivity contribution is 0.470. The van der Waals surface area contributed by atoms with E-state index in [1.807, 2.05) is 6.92 Å². The third-order valence-electron chi connectivity index (χ3n) is 3.79. The summed E-state index contributed by atoms with van der Waals surface area (Å²) < 4.78 is 5.30. The Balaban J connectivity index is 2.37. The van der Waals surface area contributed by atoms with Crippen molar-refractivity contribution in [3.05, 3.63) is 45.9 Å². The Labute approximate surface area is 132 Å². The highest BCUT2D eigenvalue weighted by Gasteiger charge is 2.17. The maximum atomic E-state index is 11.8. The van der Waals surface area contributed by atoms with Gasteiger partial charge in [0.25, 0.3) is 0 Å². The van der Waals surface area contributed by atoms with Crippen LogP contribution in [0, 0.1) is 6.92 Å². The zero-order valence-electron chi connectivity index (χ0n) is 13.0. The van der Waals surface area contributed by atoms with Gasteiger partial charge in [0, 0.05) is 28.8 Å². The Morgan fingerprint density at radius 3 is 2.83 bits per heavy atom. The molecular weight excluding hydrogens is 294 g/mol. The largest absolute Gasteiger partial charge is 0.507 e. The predicted molar refractivity (Wildman–Crippen MR) is 88.3 cm³/mol. The van der Waals surface area contributed by atoms with Crippen LogP contribution in [-0.4, -0.2) is 15.1 Å². The summed E-state index contributed by atoms with van der Waals surface area (Å²) in [6.45, 7) is 3.75. The number of phenolic OH excluding ortho intramolecular Hbond substituents is 1. The number of hydrogen-bond acceptors (Lipinski definition) is 6. The van der Waals surface area contributed by atoms with E-state index in [1.54, 1.807) is 19.1 Å². The molecule has 118 valence electrons. The quantitative estimate of drug-likeness (QED) is 0.721. The molecule has 0 saturated carbocycles. The molecule has 0 bridgehead atoms. The van der Waals surface area contributed by atoms with Gasteiger partial charge in [0.1, 0.15) is 11.3 Å². The molecule has 6 nitrogen and oxygen atoms in total. The van der Waals surface area contributed by atoms with Crippen molar-refractivity contribution in [3.8, 4) is 17.0 Å². The van der Waals surface area contributed by atoms with Crippen LogP contribution in [0.2, 0.25) is 0 Å². The molecule has 23 heavy (non-hydrogen) atoms. The summed E-state index contributed by atoms with van der Waals surface area (Å²) in [5.41, 5.74) is 8.08. The summed E-state index contributed by atoms with van der Waals surface area (Å²) in [4.78, 5) is 19.8. The van der Waals surface area contributed by atoms with Crippen molar-refractivity contribution >= 4 is 16.9 Å². The van der Waals surface area contributed by atoms with Gasteiger partial charge in [0.2, 0.25) is 5.95 Å². The number of anilines is 1. The van der Waals surface area contributed by atoms with Gasteiger partial charge in [-0.25, -0.2) is 14.8 Å². The van der Waals surface area contributed by atoms with Crippen LogP contribution in [0.5, 0.6) is 5.75 Å². The van der Waals surface area contributed by atoms with E-state index in [-0.39, 0.29) is 11.7 Å². The normalized spacial score (nSPS) is 11.0. The van der Waals surface area contributed by atoms with E-state index in [2.05, 4.69) is 9.97 Å². The van der Waals surface area contributed by atoms with Gasteiger partial charge in [0.05, 0.1) is 5.69 Å². The molecule has 0 radical (unpaired) electrons. The fourth-order valence-electron chi connectivity index (χ4n) is 2.71. The molecule has 0 fully saturated rings. The topological polar surface area (TPSA) is 102 Å². The van der Waals surface area contributed by atoms with Gasteiger partial charge in [-0.1, -0.05) is 13.3 Å². The molecule has 0 saturated heterocycles. The number of nitrogen functional groups attached to an aromatic ring is 1. The van der Waals surface area contributed by atoms with Gasteiger partial charge in [-0.05, 0) is 31.0 Å². The van der Waals surface area contributed by atoms with E-state index in [4.69, 9.17) is 10.2 Å². The van der Waals surface area contributed by atoms with Crippen LogP contribution in [-0.2, 0) is 6.42 Å². The van der Waals surface area contributed by atoms with Crippen LogP contribution < -0.4 is 11.4 Å². The lowest BCUT2D eigenvalue weighted by Gasteiger charge is -2.12. The van der Waals surface area contributed by atoms with Crippen LogP contribution in [0.25, 0.3) is 22.2 Å². The van der Waals surface area contributed by atoms with Crippen LogP contribution in [0.3, 0.4) is 0 Å². The number of aryl methyl sites for hydroxylation is 2. The number of nitrogens with zero attached hydrogens (tertiary/aromatic N) is 2. The second-order valence-corrected chi connectivity index (χ2v) is 5.42. The zero-order valence-corrected chi connectivity index (χ0v) is 13.0. The molecular formula is C17H17N3O3. The number of fused-ring (bicyclic) bond motifs is 1. The van der Waals surface area contributed by atoms with Crippen molar-refractivity contribution in [2.75, 3.05) is 5.73 Å². The molecule has 0 aliphatic carbocycles. The molecule has 1 aromatic carbocycles. The van der Waals surface area contributed by atoms with Crippen molar-refractivity contribution < 1.29 is 9.52 Å². The van der Waals surface area contributed by atoms with Gasteiger partial charge < -0.3 is 15.3 Å². The number of phenols is 1. The summed E-state index contributed by atoms with van der Waals surface area (Å²) in [6.07, 6.45) is 3.18. The number of nitrogens with two attached hydrogens (primary N) is 1. The Morgan fingerprint density at radius 2 is 2.13 bits per heavy atom. The first-order chi connectivity index (χ1) is 11.0. The van der Waals surface area contributed by atoms with E-state index in [9.17, 15) is 9.90 Å². The molecule has 0 atom stereocenters. The number of hydrogen-bond donors (Lipinski definition) is 2. The van der Waals surface area contributed by atoms with E-state index >= 15 is 0 Å². The minimum absolute atomic E-state index is 0.0207. The van der Waals surface area contributed by atoms with Crippen molar-refractivity contribution in [3.63, 3.8) is 0 Å². The second kappa shape index (κ2) is 5.72. The summed E-state index contributed by atoms with van der Waals surface area (Å²) in [5, 5.41) is 11.3. The molecule has 3 N–H and O–H groups in total. The van der Waals surface area contributed by atoms with Gasteiger partial charge in [-0.3, -0.25) is 0 Å². The fourth-order valence-corrected chi connectivity index (χ4v) is 2.71. The van der Waals surface area contributed by atoms with Crippen LogP contribution >= 0.6 is 0 Å². The summed E-state index contributed by atoms with van der Waals surface area (Å²) in [5.74, 6) is 0.153. The number of aromatic nitrogens is 2. The van der Waals surface area contributed by atoms with Crippen molar-refractivity contribution in [1.29, 1.82) is 0 Å². The van der Waals surface area contributed by atoms with E-state index < -0.39 is 5.63 Å². The fraction of sp³-hybridized carbons (Fsp3) is 0.235. The minimum atomic E-state index is -0.414. The molecule has 3 aromatic rings. The number of benzene rings is 1. The lowest BCUT2D eigenvalue weighted by Crippen LogP contribution is -2.02. The second-order valence-electron chi connectivity index (χ2n) is 5.42. The van der Waals surface area contributed by atoms with Gasteiger partial charge in [-0.2, -0.15) is 0 Å². The minimum Gasteiger partial charge on any atom is -0.507 e. The molecule has 0 aliphatic rings. The van der Waals surface area contributed by atoms with Gasteiger partial charge in [-0.15, -0.1) is 0 Å². The van der Waals surface area contributed by atoms with Crippen molar-refractivity contribution in [1.82, 2.24) is 9.97 Å². The Kier molecular flexibility index (Phi) is 3.73. The highest BCUT2D eigenvalue weighted by atomic mass is 16.4. The SMILES string of the molecule is CCCc1cc(=O)oc2c(C)c(O)c(-c3ccnc(N)n3)cc12.